The molecule has 15 heavy (non-hydrogen) atoms. The molecule has 0 aliphatic rings. The van der Waals surface area contributed by atoms with Crippen molar-refractivity contribution in [3.63, 3.8) is 0 Å². The van der Waals surface area contributed by atoms with E-state index in [9.17, 15) is 4.79 Å². The molecule has 0 spiro atoms. The van der Waals surface area contributed by atoms with Crippen molar-refractivity contribution >= 4 is 5.78 Å². The second-order valence-corrected chi connectivity index (χ2v) is 5.82. The lowest BCUT2D eigenvalue weighted by molar-refractivity contribution is -0.126. The highest BCUT2D eigenvalue weighted by Gasteiger charge is 2.25. The van der Waals surface area contributed by atoms with Gasteiger partial charge in [0, 0.05) is 23.9 Å². The largest absolute Gasteiger partial charge is 0.394 e. The quantitative estimate of drug-likeness (QED) is 0.759. The van der Waals surface area contributed by atoms with E-state index in [1.807, 2.05) is 46.6 Å². The molecule has 3 heteroatoms. The minimum Gasteiger partial charge on any atom is -0.394 e. The molecule has 0 aromatic heterocycles. The van der Waals surface area contributed by atoms with Crippen molar-refractivity contribution in [3.05, 3.63) is 0 Å². The standard InChI is InChI=1S/C12H25NO2/c1-11(2,3)10(15)7-8-13(6)12(4,5)9-14/h14H,7-9H2,1-6H3. The van der Waals surface area contributed by atoms with Crippen LogP contribution in [0.3, 0.4) is 0 Å². The topological polar surface area (TPSA) is 40.5 Å². The van der Waals surface area contributed by atoms with Gasteiger partial charge in [0.15, 0.2) is 0 Å². The van der Waals surface area contributed by atoms with Crippen LogP contribution in [-0.2, 0) is 4.79 Å². The first-order valence-electron chi connectivity index (χ1n) is 5.46. The van der Waals surface area contributed by atoms with Gasteiger partial charge in [0.1, 0.15) is 5.78 Å². The molecule has 3 nitrogen and oxygen atoms in total. The van der Waals surface area contributed by atoms with Crippen LogP contribution in [0.15, 0.2) is 0 Å². The molecule has 90 valence electrons. The van der Waals surface area contributed by atoms with Crippen LogP contribution in [0.4, 0.5) is 0 Å². The first kappa shape index (κ1) is 14.6. The Hall–Kier alpha value is -0.410. The molecule has 0 saturated heterocycles. The van der Waals surface area contributed by atoms with Crippen LogP contribution >= 0.6 is 0 Å². The number of aliphatic hydroxyl groups is 1. The van der Waals surface area contributed by atoms with Crippen LogP contribution in [0.5, 0.6) is 0 Å². The van der Waals surface area contributed by atoms with Crippen molar-refractivity contribution in [2.45, 2.75) is 46.6 Å². The van der Waals surface area contributed by atoms with Crippen LogP contribution in [0, 0.1) is 5.41 Å². The zero-order chi connectivity index (χ0) is 12.3. The zero-order valence-electron chi connectivity index (χ0n) is 10.9. The normalized spacial score (nSPS) is 13.3. The van der Waals surface area contributed by atoms with Gasteiger partial charge in [-0.2, -0.15) is 0 Å². The summed E-state index contributed by atoms with van der Waals surface area (Å²) in [5, 5.41) is 9.16. The van der Waals surface area contributed by atoms with Crippen molar-refractivity contribution in [2.24, 2.45) is 5.41 Å². The molecule has 0 saturated carbocycles. The summed E-state index contributed by atoms with van der Waals surface area (Å²) in [5.41, 5.74) is -0.512. The highest BCUT2D eigenvalue weighted by Crippen LogP contribution is 2.18. The van der Waals surface area contributed by atoms with Gasteiger partial charge >= 0.3 is 0 Å². The zero-order valence-corrected chi connectivity index (χ0v) is 10.9. The second-order valence-electron chi connectivity index (χ2n) is 5.82. The van der Waals surface area contributed by atoms with Gasteiger partial charge in [-0.25, -0.2) is 0 Å². The van der Waals surface area contributed by atoms with Gasteiger partial charge in [-0.1, -0.05) is 20.8 Å². The summed E-state index contributed by atoms with van der Waals surface area (Å²) in [6.45, 7) is 10.5. The van der Waals surface area contributed by atoms with Crippen molar-refractivity contribution in [2.75, 3.05) is 20.2 Å². The maximum absolute atomic E-state index is 11.7. The molecule has 0 unspecified atom stereocenters. The first-order chi connectivity index (χ1) is 6.61. The molecule has 0 aliphatic heterocycles. The maximum atomic E-state index is 11.7. The van der Waals surface area contributed by atoms with Crippen molar-refractivity contribution in [1.82, 2.24) is 4.90 Å². The molecule has 0 atom stereocenters. The fraction of sp³-hybridized carbons (Fsp3) is 0.917. The third kappa shape index (κ3) is 4.76. The van der Waals surface area contributed by atoms with Gasteiger partial charge in [0.25, 0.3) is 0 Å². The number of nitrogens with zero attached hydrogens (tertiary/aromatic N) is 1. The number of carbonyl (C=O) groups is 1. The maximum Gasteiger partial charge on any atom is 0.139 e. The molecule has 0 radical (unpaired) electrons. The number of carbonyl (C=O) groups excluding carboxylic acids is 1. The first-order valence-corrected chi connectivity index (χ1v) is 5.46. The van der Waals surface area contributed by atoms with Crippen molar-refractivity contribution in [3.8, 4) is 0 Å². The van der Waals surface area contributed by atoms with Gasteiger partial charge in [-0.05, 0) is 20.9 Å². The predicted molar refractivity (Wildman–Crippen MR) is 62.9 cm³/mol. The minimum absolute atomic E-state index is 0.104. The molecular formula is C12H25NO2. The summed E-state index contributed by atoms with van der Waals surface area (Å²) in [4.78, 5) is 13.7. The summed E-state index contributed by atoms with van der Waals surface area (Å²) in [6, 6.07) is 0. The molecule has 0 bridgehead atoms. The van der Waals surface area contributed by atoms with Crippen LogP contribution in [0.2, 0.25) is 0 Å². The van der Waals surface area contributed by atoms with E-state index in [-0.39, 0.29) is 23.3 Å². The van der Waals surface area contributed by atoms with E-state index in [0.29, 0.717) is 13.0 Å². The Morgan fingerprint density at radius 3 is 2.00 bits per heavy atom. The monoisotopic (exact) mass is 215 g/mol. The Morgan fingerprint density at radius 2 is 1.67 bits per heavy atom. The van der Waals surface area contributed by atoms with E-state index >= 15 is 0 Å². The summed E-state index contributed by atoms with van der Waals surface area (Å²) in [6.07, 6.45) is 0.545. The van der Waals surface area contributed by atoms with Gasteiger partial charge < -0.3 is 5.11 Å². The molecule has 0 fully saturated rings. The third-order valence-electron chi connectivity index (χ3n) is 2.93. The SMILES string of the molecule is CN(CCC(=O)C(C)(C)C)C(C)(C)CO. The molecule has 1 N–H and O–H groups in total. The van der Waals surface area contributed by atoms with E-state index in [2.05, 4.69) is 0 Å². The van der Waals surface area contributed by atoms with Gasteiger partial charge in [0.05, 0.1) is 6.61 Å². The van der Waals surface area contributed by atoms with E-state index in [1.54, 1.807) is 0 Å². The summed E-state index contributed by atoms with van der Waals surface area (Å²) < 4.78 is 0. The molecule has 0 rings (SSSR count). The fourth-order valence-electron chi connectivity index (χ4n) is 1.07. The molecule has 0 amide bonds. The van der Waals surface area contributed by atoms with Crippen molar-refractivity contribution in [1.29, 1.82) is 0 Å². The Morgan fingerprint density at radius 1 is 1.20 bits per heavy atom. The highest BCUT2D eigenvalue weighted by molar-refractivity contribution is 5.83. The highest BCUT2D eigenvalue weighted by atomic mass is 16.3. The van der Waals surface area contributed by atoms with E-state index in [1.165, 1.54) is 0 Å². The van der Waals surface area contributed by atoms with Gasteiger partial charge in [-0.15, -0.1) is 0 Å². The second kappa shape index (κ2) is 5.08. The average Bonchev–Trinajstić information content (AvgIpc) is 2.11. The van der Waals surface area contributed by atoms with Crippen LogP contribution < -0.4 is 0 Å². The number of rotatable bonds is 5. The van der Waals surface area contributed by atoms with E-state index in [0.717, 1.165) is 0 Å². The minimum atomic E-state index is -0.260. The van der Waals surface area contributed by atoms with E-state index < -0.39 is 0 Å². The van der Waals surface area contributed by atoms with Crippen molar-refractivity contribution < 1.29 is 9.90 Å². The number of hydrogen-bond donors (Lipinski definition) is 1. The van der Waals surface area contributed by atoms with Crippen LogP contribution in [-0.4, -0.2) is 41.5 Å². The third-order valence-corrected chi connectivity index (χ3v) is 2.93. The Labute approximate surface area is 93.5 Å². The van der Waals surface area contributed by atoms with Gasteiger partial charge in [-0.3, -0.25) is 9.69 Å². The molecule has 0 heterocycles. The number of hydrogen-bond acceptors (Lipinski definition) is 3. The molecule has 0 aromatic rings. The number of aliphatic hydroxyl groups excluding tert-OH is 1. The summed E-state index contributed by atoms with van der Waals surface area (Å²) >= 11 is 0. The lowest BCUT2D eigenvalue weighted by Gasteiger charge is -2.34. The Kier molecular flexibility index (Phi) is 4.94. The number of ketones is 1. The van der Waals surface area contributed by atoms with Gasteiger partial charge in [0.2, 0.25) is 0 Å². The lowest BCUT2D eigenvalue weighted by atomic mass is 9.88. The number of likely N-dealkylation sites (N-methyl/N-ethyl adjacent to an activating group) is 1. The lowest BCUT2D eigenvalue weighted by Crippen LogP contribution is -2.45. The Bertz CT molecular complexity index is 216. The summed E-state index contributed by atoms with van der Waals surface area (Å²) in [5.74, 6) is 0.267. The fourth-order valence-corrected chi connectivity index (χ4v) is 1.07. The number of Topliss-reactive ketones (excluding diaryl/α,β-unsaturated/α-hetero) is 1. The van der Waals surface area contributed by atoms with Crippen LogP contribution in [0.25, 0.3) is 0 Å². The summed E-state index contributed by atoms with van der Waals surface area (Å²) in [7, 11) is 1.94. The predicted octanol–water partition coefficient (Wildman–Crippen LogP) is 1.69. The smallest absolute Gasteiger partial charge is 0.139 e. The molecular weight excluding hydrogens is 190 g/mol. The molecule has 0 aromatic carbocycles. The van der Waals surface area contributed by atoms with Crippen LogP contribution in [0.1, 0.15) is 41.0 Å². The van der Waals surface area contributed by atoms with E-state index in [4.69, 9.17) is 5.11 Å². The molecule has 0 aliphatic carbocycles. The Balaban J connectivity index is 4.13. The average molecular weight is 215 g/mol.